The van der Waals surface area contributed by atoms with E-state index >= 15 is 0 Å². The number of nitrogens with zero attached hydrogens (tertiary/aromatic N) is 4. The van der Waals surface area contributed by atoms with Gasteiger partial charge in [-0.2, -0.15) is 9.97 Å². The minimum Gasteiger partial charge on any atom is -0.369 e. The van der Waals surface area contributed by atoms with Crippen LogP contribution in [0.3, 0.4) is 0 Å². The molecule has 2 aromatic rings. The summed E-state index contributed by atoms with van der Waals surface area (Å²) in [5.41, 5.74) is 8.00. The number of nitrogen functional groups attached to an aromatic ring is 1. The molecule has 0 saturated carbocycles. The molecular formula is C14H21N7O. The Balaban J connectivity index is 1.68. The van der Waals surface area contributed by atoms with Gasteiger partial charge in [-0.15, -0.1) is 0 Å². The molecule has 0 amide bonds. The Labute approximate surface area is 128 Å². The van der Waals surface area contributed by atoms with E-state index in [0.717, 1.165) is 55.3 Å². The highest BCUT2D eigenvalue weighted by Gasteiger charge is 2.15. The first-order chi connectivity index (χ1) is 10.8. The maximum Gasteiger partial charge on any atom is 0.228 e. The molecule has 2 aromatic heterocycles. The van der Waals surface area contributed by atoms with E-state index in [1.807, 2.05) is 6.92 Å². The van der Waals surface area contributed by atoms with Gasteiger partial charge in [-0.1, -0.05) is 12.1 Å². The molecule has 4 N–H and O–H groups in total. The van der Waals surface area contributed by atoms with E-state index in [0.29, 0.717) is 24.8 Å². The Morgan fingerprint density at radius 1 is 1.23 bits per heavy atom. The van der Waals surface area contributed by atoms with Gasteiger partial charge in [0.2, 0.25) is 11.8 Å². The molecule has 0 aromatic carbocycles. The summed E-state index contributed by atoms with van der Waals surface area (Å²) >= 11 is 0. The van der Waals surface area contributed by atoms with E-state index in [1.165, 1.54) is 0 Å². The molecule has 0 fully saturated rings. The summed E-state index contributed by atoms with van der Waals surface area (Å²) in [7, 11) is 0. The van der Waals surface area contributed by atoms with Gasteiger partial charge in [0.1, 0.15) is 5.82 Å². The van der Waals surface area contributed by atoms with E-state index in [2.05, 4.69) is 30.7 Å². The lowest BCUT2D eigenvalue weighted by molar-refractivity contribution is 0.375. The van der Waals surface area contributed by atoms with E-state index < -0.39 is 0 Å². The van der Waals surface area contributed by atoms with Gasteiger partial charge in [0, 0.05) is 37.9 Å². The third-order valence-electron chi connectivity index (χ3n) is 3.66. The Kier molecular flexibility index (Phi) is 4.47. The van der Waals surface area contributed by atoms with Crippen LogP contribution in [0.25, 0.3) is 0 Å². The highest BCUT2D eigenvalue weighted by Crippen LogP contribution is 2.20. The van der Waals surface area contributed by atoms with Crippen LogP contribution in [0, 0.1) is 0 Å². The van der Waals surface area contributed by atoms with Crippen molar-refractivity contribution in [2.75, 3.05) is 30.7 Å². The maximum atomic E-state index is 5.81. The molecule has 22 heavy (non-hydrogen) atoms. The average Bonchev–Trinajstić information content (AvgIpc) is 2.84. The number of aromatic nitrogens is 4. The second kappa shape index (κ2) is 6.69. The molecule has 118 valence electrons. The average molecular weight is 303 g/mol. The lowest BCUT2D eigenvalue weighted by Crippen LogP contribution is -2.16. The Morgan fingerprint density at radius 2 is 2.09 bits per heavy atom. The van der Waals surface area contributed by atoms with Crippen LogP contribution in [0.1, 0.15) is 29.9 Å². The SMILES string of the molecule is CCc1noc(CCNc2nc(N)nc3c2CCNCC3)n1. The summed E-state index contributed by atoms with van der Waals surface area (Å²) in [5.74, 6) is 2.51. The lowest BCUT2D eigenvalue weighted by atomic mass is 10.1. The molecule has 8 heteroatoms. The second-order valence-corrected chi connectivity index (χ2v) is 5.24. The number of hydrogen-bond acceptors (Lipinski definition) is 8. The van der Waals surface area contributed by atoms with Crippen molar-refractivity contribution in [3.63, 3.8) is 0 Å². The summed E-state index contributed by atoms with van der Waals surface area (Å²) in [6.45, 7) is 4.52. The van der Waals surface area contributed by atoms with Crippen LogP contribution < -0.4 is 16.4 Å². The number of nitrogens with two attached hydrogens (primary N) is 1. The summed E-state index contributed by atoms with van der Waals surface area (Å²) < 4.78 is 5.18. The number of nitrogens with one attached hydrogen (secondary N) is 2. The van der Waals surface area contributed by atoms with Gasteiger partial charge in [-0.05, 0) is 13.0 Å². The molecule has 0 bridgehead atoms. The summed E-state index contributed by atoms with van der Waals surface area (Å²) in [4.78, 5) is 13.0. The number of aryl methyl sites for hydroxylation is 1. The summed E-state index contributed by atoms with van der Waals surface area (Å²) in [5, 5.41) is 10.6. The third-order valence-corrected chi connectivity index (χ3v) is 3.66. The Morgan fingerprint density at radius 3 is 2.91 bits per heavy atom. The molecule has 8 nitrogen and oxygen atoms in total. The van der Waals surface area contributed by atoms with E-state index in [4.69, 9.17) is 10.3 Å². The van der Waals surface area contributed by atoms with Gasteiger partial charge in [-0.25, -0.2) is 4.98 Å². The number of hydrogen-bond donors (Lipinski definition) is 3. The molecule has 3 heterocycles. The third kappa shape index (κ3) is 3.33. The highest BCUT2D eigenvalue weighted by atomic mass is 16.5. The minimum atomic E-state index is 0.314. The topological polar surface area (TPSA) is 115 Å². The largest absolute Gasteiger partial charge is 0.369 e. The maximum absolute atomic E-state index is 5.81. The first kappa shape index (κ1) is 14.7. The molecule has 1 aliphatic rings. The van der Waals surface area contributed by atoms with Crippen molar-refractivity contribution in [1.29, 1.82) is 0 Å². The van der Waals surface area contributed by atoms with Crippen molar-refractivity contribution >= 4 is 11.8 Å². The predicted molar refractivity (Wildman–Crippen MR) is 82.6 cm³/mol. The van der Waals surface area contributed by atoms with E-state index in [9.17, 15) is 0 Å². The number of anilines is 2. The molecule has 0 aliphatic carbocycles. The number of fused-ring (bicyclic) bond motifs is 1. The fourth-order valence-electron chi connectivity index (χ4n) is 2.53. The van der Waals surface area contributed by atoms with Crippen molar-refractivity contribution in [2.24, 2.45) is 0 Å². The molecule has 0 unspecified atom stereocenters. The molecule has 0 spiro atoms. The highest BCUT2D eigenvalue weighted by molar-refractivity contribution is 5.50. The van der Waals surface area contributed by atoms with Gasteiger partial charge in [-0.3, -0.25) is 0 Å². The van der Waals surface area contributed by atoms with Crippen LogP contribution >= 0.6 is 0 Å². The van der Waals surface area contributed by atoms with Gasteiger partial charge >= 0.3 is 0 Å². The smallest absolute Gasteiger partial charge is 0.228 e. The van der Waals surface area contributed by atoms with E-state index in [-0.39, 0.29) is 0 Å². The van der Waals surface area contributed by atoms with Crippen LogP contribution in [-0.2, 0) is 25.7 Å². The molecule has 0 radical (unpaired) electrons. The molecular weight excluding hydrogens is 282 g/mol. The normalized spacial score (nSPS) is 14.4. The second-order valence-electron chi connectivity index (χ2n) is 5.24. The lowest BCUT2D eigenvalue weighted by Gasteiger charge is -2.12. The fourth-order valence-corrected chi connectivity index (χ4v) is 2.53. The standard InChI is InChI=1S/C14H21N7O/c1-2-11-19-12(22-21-11)5-8-17-13-9-3-6-16-7-4-10(9)18-14(15)20-13/h16H,2-8H2,1H3,(H3,15,17,18,20). The monoisotopic (exact) mass is 303 g/mol. The van der Waals surface area contributed by atoms with Gasteiger partial charge in [0.05, 0.1) is 5.69 Å². The molecule has 0 atom stereocenters. The molecule has 0 saturated heterocycles. The van der Waals surface area contributed by atoms with Crippen molar-refractivity contribution in [2.45, 2.75) is 32.6 Å². The van der Waals surface area contributed by atoms with Crippen LogP contribution in [0.15, 0.2) is 4.52 Å². The van der Waals surface area contributed by atoms with Crippen molar-refractivity contribution < 1.29 is 4.52 Å². The minimum absolute atomic E-state index is 0.314. The van der Waals surface area contributed by atoms with E-state index in [1.54, 1.807) is 0 Å². The van der Waals surface area contributed by atoms with Gasteiger partial charge < -0.3 is 20.9 Å². The van der Waals surface area contributed by atoms with Crippen LogP contribution in [0.2, 0.25) is 0 Å². The zero-order chi connectivity index (χ0) is 15.4. The van der Waals surface area contributed by atoms with Crippen molar-refractivity contribution in [1.82, 2.24) is 25.4 Å². The quantitative estimate of drug-likeness (QED) is 0.724. The van der Waals surface area contributed by atoms with Crippen LogP contribution in [0.4, 0.5) is 11.8 Å². The van der Waals surface area contributed by atoms with Gasteiger partial charge in [0.15, 0.2) is 5.82 Å². The van der Waals surface area contributed by atoms with Crippen molar-refractivity contribution in [3.05, 3.63) is 23.0 Å². The van der Waals surface area contributed by atoms with Crippen molar-refractivity contribution in [3.8, 4) is 0 Å². The summed E-state index contributed by atoms with van der Waals surface area (Å²) in [6, 6.07) is 0. The molecule has 1 aliphatic heterocycles. The van der Waals surface area contributed by atoms with Gasteiger partial charge in [0.25, 0.3) is 0 Å². The Bertz CT molecular complexity index is 640. The van der Waals surface area contributed by atoms with Crippen LogP contribution in [-0.4, -0.2) is 39.7 Å². The zero-order valence-corrected chi connectivity index (χ0v) is 12.7. The van der Waals surface area contributed by atoms with Crippen LogP contribution in [0.5, 0.6) is 0 Å². The predicted octanol–water partition coefficient (Wildman–Crippen LogP) is 0.347. The fraction of sp³-hybridized carbons (Fsp3) is 0.571. The zero-order valence-electron chi connectivity index (χ0n) is 12.7. The first-order valence-electron chi connectivity index (χ1n) is 7.67. The first-order valence-corrected chi connectivity index (χ1v) is 7.67. The number of rotatable bonds is 5. The Hall–Kier alpha value is -2.22. The molecule has 3 rings (SSSR count). The summed E-state index contributed by atoms with van der Waals surface area (Å²) in [6.07, 6.45) is 3.21.